The van der Waals surface area contributed by atoms with Crippen molar-refractivity contribution in [1.29, 1.82) is 0 Å². The minimum absolute atomic E-state index is 0.0914. The fourth-order valence-electron chi connectivity index (χ4n) is 0.985. The van der Waals surface area contributed by atoms with E-state index in [9.17, 15) is 4.79 Å². The SMILES string of the molecule is CC(C)C(=O)c1ccc(N(C)C)s1. The van der Waals surface area contributed by atoms with Gasteiger partial charge in [0.15, 0.2) is 5.78 Å². The molecular weight excluding hydrogens is 182 g/mol. The molecule has 0 radical (unpaired) electrons. The summed E-state index contributed by atoms with van der Waals surface area (Å²) in [6.45, 7) is 3.86. The number of hydrogen-bond donors (Lipinski definition) is 0. The van der Waals surface area contributed by atoms with Gasteiger partial charge in [0.25, 0.3) is 0 Å². The molecule has 0 unspecified atom stereocenters. The van der Waals surface area contributed by atoms with E-state index in [-0.39, 0.29) is 11.7 Å². The van der Waals surface area contributed by atoms with Crippen LogP contribution in [0.15, 0.2) is 12.1 Å². The van der Waals surface area contributed by atoms with Crippen molar-refractivity contribution in [2.45, 2.75) is 13.8 Å². The molecule has 0 amide bonds. The Morgan fingerprint density at radius 2 is 2.00 bits per heavy atom. The van der Waals surface area contributed by atoms with E-state index in [2.05, 4.69) is 0 Å². The Kier molecular flexibility index (Phi) is 3.09. The Balaban J connectivity index is 2.86. The zero-order chi connectivity index (χ0) is 10.0. The van der Waals surface area contributed by atoms with Gasteiger partial charge in [0.1, 0.15) is 0 Å². The average Bonchev–Trinajstić information content (AvgIpc) is 2.50. The van der Waals surface area contributed by atoms with Gasteiger partial charge in [-0.15, -0.1) is 11.3 Å². The van der Waals surface area contributed by atoms with Gasteiger partial charge in [-0.25, -0.2) is 0 Å². The number of carbonyl (C=O) groups is 1. The molecule has 0 atom stereocenters. The lowest BCUT2D eigenvalue weighted by atomic mass is 10.1. The largest absolute Gasteiger partial charge is 0.370 e. The van der Waals surface area contributed by atoms with Gasteiger partial charge in [-0.1, -0.05) is 13.8 Å². The van der Waals surface area contributed by atoms with Gasteiger partial charge in [0.05, 0.1) is 9.88 Å². The third kappa shape index (κ3) is 2.31. The zero-order valence-corrected chi connectivity index (χ0v) is 9.31. The summed E-state index contributed by atoms with van der Waals surface area (Å²) in [5.41, 5.74) is 0. The van der Waals surface area contributed by atoms with Crippen LogP contribution in [0.25, 0.3) is 0 Å². The molecule has 0 saturated carbocycles. The topological polar surface area (TPSA) is 20.3 Å². The summed E-state index contributed by atoms with van der Waals surface area (Å²) < 4.78 is 0. The van der Waals surface area contributed by atoms with Crippen molar-refractivity contribution in [3.05, 3.63) is 17.0 Å². The Hall–Kier alpha value is -0.830. The lowest BCUT2D eigenvalue weighted by molar-refractivity contribution is 0.0943. The van der Waals surface area contributed by atoms with E-state index in [4.69, 9.17) is 0 Å². The number of ketones is 1. The van der Waals surface area contributed by atoms with Crippen LogP contribution in [0.3, 0.4) is 0 Å². The van der Waals surface area contributed by atoms with E-state index in [0.29, 0.717) is 0 Å². The fourth-order valence-corrected chi connectivity index (χ4v) is 2.00. The maximum absolute atomic E-state index is 11.6. The highest BCUT2D eigenvalue weighted by molar-refractivity contribution is 7.18. The van der Waals surface area contributed by atoms with Crippen molar-refractivity contribution in [3.63, 3.8) is 0 Å². The summed E-state index contributed by atoms with van der Waals surface area (Å²) >= 11 is 1.55. The molecular formula is C10H15NOS. The first-order valence-corrected chi connectivity index (χ1v) is 5.15. The van der Waals surface area contributed by atoms with E-state index in [1.54, 1.807) is 11.3 Å². The van der Waals surface area contributed by atoms with Crippen molar-refractivity contribution in [2.75, 3.05) is 19.0 Å². The number of nitrogens with zero attached hydrogens (tertiary/aromatic N) is 1. The summed E-state index contributed by atoms with van der Waals surface area (Å²) in [4.78, 5) is 14.4. The number of hydrogen-bond acceptors (Lipinski definition) is 3. The summed E-state index contributed by atoms with van der Waals surface area (Å²) in [6.07, 6.45) is 0. The van der Waals surface area contributed by atoms with Crippen molar-refractivity contribution in [2.24, 2.45) is 5.92 Å². The van der Waals surface area contributed by atoms with Crippen LogP contribution < -0.4 is 4.90 Å². The van der Waals surface area contributed by atoms with Crippen molar-refractivity contribution in [1.82, 2.24) is 0 Å². The molecule has 0 saturated heterocycles. The first-order valence-electron chi connectivity index (χ1n) is 4.33. The molecule has 2 nitrogen and oxygen atoms in total. The Bertz CT molecular complexity index is 302. The molecule has 1 aromatic rings. The van der Waals surface area contributed by atoms with Crippen LogP contribution in [0.5, 0.6) is 0 Å². The lowest BCUT2D eigenvalue weighted by Gasteiger charge is -2.07. The molecule has 0 aliphatic carbocycles. The van der Waals surface area contributed by atoms with E-state index in [1.165, 1.54) is 0 Å². The minimum atomic E-state index is 0.0914. The molecule has 1 heterocycles. The number of Topliss-reactive ketones (excluding diaryl/α,β-unsaturated/α-hetero) is 1. The van der Waals surface area contributed by atoms with Gasteiger partial charge >= 0.3 is 0 Å². The Morgan fingerprint density at radius 3 is 2.38 bits per heavy atom. The number of thiophene rings is 1. The van der Waals surface area contributed by atoms with Gasteiger partial charge < -0.3 is 4.90 Å². The average molecular weight is 197 g/mol. The summed E-state index contributed by atoms with van der Waals surface area (Å²) in [6, 6.07) is 3.89. The summed E-state index contributed by atoms with van der Waals surface area (Å²) in [5, 5.41) is 1.13. The van der Waals surface area contributed by atoms with Gasteiger partial charge in [-0.2, -0.15) is 0 Å². The number of rotatable bonds is 3. The zero-order valence-electron chi connectivity index (χ0n) is 8.50. The maximum Gasteiger partial charge on any atom is 0.175 e. The van der Waals surface area contributed by atoms with Crippen LogP contribution >= 0.6 is 11.3 Å². The van der Waals surface area contributed by atoms with Crippen LogP contribution in [-0.4, -0.2) is 19.9 Å². The van der Waals surface area contributed by atoms with Gasteiger partial charge in [-0.05, 0) is 12.1 Å². The Labute approximate surface area is 83.2 Å². The third-order valence-electron chi connectivity index (χ3n) is 1.80. The molecule has 0 spiro atoms. The highest BCUT2D eigenvalue weighted by Crippen LogP contribution is 2.25. The molecule has 0 aromatic carbocycles. The molecule has 0 aliphatic heterocycles. The molecule has 0 bridgehead atoms. The second kappa shape index (κ2) is 3.92. The highest BCUT2D eigenvalue weighted by Gasteiger charge is 2.13. The predicted octanol–water partition coefficient (Wildman–Crippen LogP) is 2.65. The van der Waals surface area contributed by atoms with Crippen LogP contribution in [-0.2, 0) is 0 Å². The maximum atomic E-state index is 11.6. The molecule has 72 valence electrons. The molecule has 0 N–H and O–H groups in total. The lowest BCUT2D eigenvalue weighted by Crippen LogP contribution is -2.06. The van der Waals surface area contributed by atoms with E-state index in [1.807, 2.05) is 45.0 Å². The summed E-state index contributed by atoms with van der Waals surface area (Å²) in [7, 11) is 3.96. The van der Waals surface area contributed by atoms with Crippen LogP contribution in [0.4, 0.5) is 5.00 Å². The fraction of sp³-hybridized carbons (Fsp3) is 0.500. The molecule has 1 rings (SSSR count). The van der Waals surface area contributed by atoms with E-state index in [0.717, 1.165) is 9.88 Å². The molecule has 0 fully saturated rings. The smallest absolute Gasteiger partial charge is 0.175 e. The Morgan fingerprint density at radius 1 is 1.38 bits per heavy atom. The van der Waals surface area contributed by atoms with Crippen LogP contribution in [0.2, 0.25) is 0 Å². The molecule has 13 heavy (non-hydrogen) atoms. The second-order valence-electron chi connectivity index (χ2n) is 3.55. The number of anilines is 1. The van der Waals surface area contributed by atoms with E-state index < -0.39 is 0 Å². The van der Waals surface area contributed by atoms with Gasteiger partial charge in [-0.3, -0.25) is 4.79 Å². The number of carbonyl (C=O) groups excluding carboxylic acids is 1. The van der Waals surface area contributed by atoms with E-state index >= 15 is 0 Å². The standard InChI is InChI=1S/C10H15NOS/c1-7(2)10(12)8-5-6-9(13-8)11(3)4/h5-7H,1-4H3. The summed E-state index contributed by atoms with van der Waals surface area (Å²) in [5.74, 6) is 0.326. The van der Waals surface area contributed by atoms with Crippen LogP contribution in [0.1, 0.15) is 23.5 Å². The first-order chi connectivity index (χ1) is 6.02. The van der Waals surface area contributed by atoms with Crippen molar-refractivity contribution < 1.29 is 4.79 Å². The second-order valence-corrected chi connectivity index (χ2v) is 4.61. The quantitative estimate of drug-likeness (QED) is 0.694. The van der Waals surface area contributed by atoms with Gasteiger partial charge in [0, 0.05) is 20.0 Å². The first kappa shape index (κ1) is 10.3. The molecule has 1 aromatic heterocycles. The van der Waals surface area contributed by atoms with Crippen molar-refractivity contribution in [3.8, 4) is 0 Å². The third-order valence-corrected chi connectivity index (χ3v) is 3.07. The normalized spacial score (nSPS) is 10.5. The van der Waals surface area contributed by atoms with Crippen LogP contribution in [0, 0.1) is 5.92 Å². The predicted molar refractivity (Wildman–Crippen MR) is 57.8 cm³/mol. The molecule has 0 aliphatic rings. The molecule has 3 heteroatoms. The minimum Gasteiger partial charge on any atom is -0.370 e. The van der Waals surface area contributed by atoms with Gasteiger partial charge in [0.2, 0.25) is 0 Å². The highest BCUT2D eigenvalue weighted by atomic mass is 32.1. The van der Waals surface area contributed by atoms with Crippen molar-refractivity contribution >= 4 is 22.1 Å². The monoisotopic (exact) mass is 197 g/mol.